The van der Waals surface area contributed by atoms with Crippen molar-refractivity contribution in [3.63, 3.8) is 0 Å². The van der Waals surface area contributed by atoms with Gasteiger partial charge in [-0.2, -0.15) is 10.2 Å². The summed E-state index contributed by atoms with van der Waals surface area (Å²) < 4.78 is 1.77. The lowest BCUT2D eigenvalue weighted by atomic mass is 10.3. The number of rotatable bonds is 4. The summed E-state index contributed by atoms with van der Waals surface area (Å²) in [6, 6.07) is 21.0. The van der Waals surface area contributed by atoms with Crippen molar-refractivity contribution in [3.05, 3.63) is 78.6 Å². The molecule has 3 rings (SSSR count). The van der Waals surface area contributed by atoms with Crippen LogP contribution in [0.15, 0.2) is 78.0 Å². The summed E-state index contributed by atoms with van der Waals surface area (Å²) in [6.07, 6.45) is 3.44. The van der Waals surface area contributed by atoms with Gasteiger partial charge in [0.25, 0.3) is 0 Å². The van der Waals surface area contributed by atoms with Gasteiger partial charge in [-0.05, 0) is 30.3 Å². The fourth-order valence-electron chi connectivity index (χ4n) is 2.15. The average Bonchev–Trinajstić information content (AvgIpc) is 3.05. The molecule has 0 saturated heterocycles. The Kier molecular flexibility index (Phi) is 4.29. The van der Waals surface area contributed by atoms with E-state index in [1.807, 2.05) is 72.9 Å². The summed E-state index contributed by atoms with van der Waals surface area (Å²) in [5, 5.41) is 10.0. The molecule has 0 aliphatic heterocycles. The second-order valence-electron chi connectivity index (χ2n) is 4.93. The van der Waals surface area contributed by atoms with Crippen molar-refractivity contribution in [2.75, 3.05) is 5.01 Å². The van der Waals surface area contributed by atoms with Crippen LogP contribution in [0, 0.1) is 0 Å². The van der Waals surface area contributed by atoms with Crippen LogP contribution in [0.25, 0.3) is 5.69 Å². The van der Waals surface area contributed by atoms with Gasteiger partial charge in [0.1, 0.15) is 5.69 Å². The minimum absolute atomic E-state index is 0.157. The molecule has 0 unspecified atom stereocenters. The first-order valence-electron chi connectivity index (χ1n) is 7.25. The lowest BCUT2D eigenvalue weighted by molar-refractivity contribution is -0.116. The molecule has 0 bridgehead atoms. The minimum atomic E-state index is -0.157. The third kappa shape index (κ3) is 3.52. The standard InChI is InChI=1S/C18H16N4O/c1-15(23)22(18-10-6-3-7-11-18)19-14-16-12-13-21(20-16)17-8-4-2-5-9-17/h2-14H,1H3/b19-14-. The van der Waals surface area contributed by atoms with Crippen molar-refractivity contribution >= 4 is 17.8 Å². The Hall–Kier alpha value is -3.21. The average molecular weight is 304 g/mol. The molecule has 0 aliphatic rings. The zero-order chi connectivity index (χ0) is 16.1. The summed E-state index contributed by atoms with van der Waals surface area (Å²) in [5.41, 5.74) is 2.37. The van der Waals surface area contributed by atoms with E-state index < -0.39 is 0 Å². The molecule has 1 heterocycles. The minimum Gasteiger partial charge on any atom is -0.273 e. The van der Waals surface area contributed by atoms with E-state index in [-0.39, 0.29) is 5.91 Å². The molecule has 5 nitrogen and oxygen atoms in total. The number of amides is 1. The van der Waals surface area contributed by atoms with Gasteiger partial charge in [0.2, 0.25) is 5.91 Å². The highest BCUT2D eigenvalue weighted by atomic mass is 16.2. The van der Waals surface area contributed by atoms with Gasteiger partial charge in [0.15, 0.2) is 0 Å². The van der Waals surface area contributed by atoms with Gasteiger partial charge in [0, 0.05) is 13.1 Å². The summed E-state index contributed by atoms with van der Waals surface area (Å²) in [7, 11) is 0. The summed E-state index contributed by atoms with van der Waals surface area (Å²) in [4.78, 5) is 11.8. The molecule has 3 aromatic rings. The van der Waals surface area contributed by atoms with Crippen molar-refractivity contribution in [1.82, 2.24) is 9.78 Å². The molecule has 0 aliphatic carbocycles. The maximum absolute atomic E-state index is 11.8. The van der Waals surface area contributed by atoms with Crippen LogP contribution in [-0.2, 0) is 4.79 Å². The molecular weight excluding hydrogens is 288 g/mol. The summed E-state index contributed by atoms with van der Waals surface area (Å²) in [5.74, 6) is -0.157. The number of nitrogens with zero attached hydrogens (tertiary/aromatic N) is 4. The molecule has 1 amide bonds. The van der Waals surface area contributed by atoms with Crippen molar-refractivity contribution in [2.24, 2.45) is 5.10 Å². The molecular formula is C18H16N4O. The van der Waals surface area contributed by atoms with Gasteiger partial charge in [-0.3, -0.25) is 4.79 Å². The fourth-order valence-corrected chi connectivity index (χ4v) is 2.15. The van der Waals surface area contributed by atoms with Crippen LogP contribution in [0.3, 0.4) is 0 Å². The van der Waals surface area contributed by atoms with Crippen molar-refractivity contribution in [1.29, 1.82) is 0 Å². The first-order valence-corrected chi connectivity index (χ1v) is 7.25. The summed E-state index contributed by atoms with van der Waals surface area (Å²) in [6.45, 7) is 1.48. The van der Waals surface area contributed by atoms with Crippen LogP contribution in [0.5, 0.6) is 0 Å². The van der Waals surface area contributed by atoms with E-state index in [1.54, 1.807) is 10.9 Å². The largest absolute Gasteiger partial charge is 0.273 e. The monoisotopic (exact) mass is 304 g/mol. The number of aromatic nitrogens is 2. The van der Waals surface area contributed by atoms with E-state index in [1.165, 1.54) is 11.9 Å². The second-order valence-corrected chi connectivity index (χ2v) is 4.93. The molecule has 0 saturated carbocycles. The van der Waals surface area contributed by atoms with Crippen molar-refractivity contribution < 1.29 is 4.79 Å². The highest BCUT2D eigenvalue weighted by Crippen LogP contribution is 2.14. The van der Waals surface area contributed by atoms with Crippen LogP contribution in [-0.4, -0.2) is 21.9 Å². The fraction of sp³-hybridized carbons (Fsp3) is 0.0556. The predicted molar refractivity (Wildman–Crippen MR) is 90.8 cm³/mol. The van der Waals surface area contributed by atoms with Crippen LogP contribution < -0.4 is 5.01 Å². The Morgan fingerprint density at radius 2 is 1.70 bits per heavy atom. The van der Waals surface area contributed by atoms with Crippen LogP contribution >= 0.6 is 0 Å². The van der Waals surface area contributed by atoms with Gasteiger partial charge in [-0.15, -0.1) is 0 Å². The Morgan fingerprint density at radius 1 is 1.04 bits per heavy atom. The van der Waals surface area contributed by atoms with E-state index >= 15 is 0 Å². The second kappa shape index (κ2) is 6.70. The lowest BCUT2D eigenvalue weighted by Gasteiger charge is -2.14. The molecule has 0 spiro atoms. The number of carbonyl (C=O) groups excluding carboxylic acids is 1. The smallest absolute Gasteiger partial charge is 0.244 e. The summed E-state index contributed by atoms with van der Waals surface area (Å²) >= 11 is 0. The number of hydrogen-bond donors (Lipinski definition) is 0. The molecule has 2 aromatic carbocycles. The first kappa shape index (κ1) is 14.7. The zero-order valence-corrected chi connectivity index (χ0v) is 12.7. The zero-order valence-electron chi connectivity index (χ0n) is 12.7. The van der Waals surface area contributed by atoms with Gasteiger partial charge in [-0.25, -0.2) is 9.69 Å². The van der Waals surface area contributed by atoms with E-state index in [2.05, 4.69) is 10.2 Å². The molecule has 0 fully saturated rings. The first-order chi connectivity index (χ1) is 11.2. The lowest BCUT2D eigenvalue weighted by Crippen LogP contribution is -2.22. The van der Waals surface area contributed by atoms with Crippen LogP contribution in [0.2, 0.25) is 0 Å². The number of para-hydroxylation sites is 2. The Bertz CT molecular complexity index is 809. The van der Waals surface area contributed by atoms with E-state index in [0.29, 0.717) is 5.69 Å². The topological polar surface area (TPSA) is 50.5 Å². The number of anilines is 1. The number of benzene rings is 2. The predicted octanol–water partition coefficient (Wildman–Crippen LogP) is 3.26. The molecule has 0 atom stereocenters. The van der Waals surface area contributed by atoms with Gasteiger partial charge >= 0.3 is 0 Å². The Labute approximate surface area is 134 Å². The van der Waals surface area contributed by atoms with Crippen LogP contribution in [0.1, 0.15) is 12.6 Å². The van der Waals surface area contributed by atoms with E-state index in [0.717, 1.165) is 11.4 Å². The van der Waals surface area contributed by atoms with Gasteiger partial charge in [-0.1, -0.05) is 36.4 Å². The molecule has 0 radical (unpaired) electrons. The maximum atomic E-state index is 11.8. The van der Waals surface area contributed by atoms with Gasteiger partial charge in [0.05, 0.1) is 17.6 Å². The molecule has 5 heteroatoms. The van der Waals surface area contributed by atoms with E-state index in [9.17, 15) is 4.79 Å². The third-order valence-corrected chi connectivity index (χ3v) is 3.23. The van der Waals surface area contributed by atoms with Crippen molar-refractivity contribution in [3.8, 4) is 5.69 Å². The van der Waals surface area contributed by atoms with Crippen LogP contribution in [0.4, 0.5) is 5.69 Å². The number of carbonyl (C=O) groups is 1. The number of hydrazone groups is 1. The molecule has 114 valence electrons. The highest BCUT2D eigenvalue weighted by molar-refractivity contribution is 5.93. The normalized spacial score (nSPS) is 10.8. The number of hydrogen-bond acceptors (Lipinski definition) is 3. The molecule has 0 N–H and O–H groups in total. The van der Waals surface area contributed by atoms with E-state index in [4.69, 9.17) is 0 Å². The Balaban J connectivity index is 1.82. The van der Waals surface area contributed by atoms with Gasteiger partial charge < -0.3 is 0 Å². The van der Waals surface area contributed by atoms with Crippen molar-refractivity contribution in [2.45, 2.75) is 6.92 Å². The molecule has 1 aromatic heterocycles. The SMILES string of the molecule is CC(=O)N(/N=C\c1ccn(-c2ccccc2)n1)c1ccccc1. The Morgan fingerprint density at radius 3 is 2.35 bits per heavy atom. The highest BCUT2D eigenvalue weighted by Gasteiger charge is 2.09. The quantitative estimate of drug-likeness (QED) is 0.549. The maximum Gasteiger partial charge on any atom is 0.244 e. The molecule has 23 heavy (non-hydrogen) atoms. The third-order valence-electron chi connectivity index (χ3n) is 3.23.